The Balaban J connectivity index is 2.15. The zero-order valence-electron chi connectivity index (χ0n) is 10.3. The molecule has 2 rings (SSSR count). The van der Waals surface area contributed by atoms with E-state index in [1.165, 1.54) is 0 Å². The molecule has 5 heteroatoms. The monoisotopic (exact) mass is 248 g/mol. The lowest BCUT2D eigenvalue weighted by atomic mass is 9.95. The molecule has 0 bridgehead atoms. The van der Waals surface area contributed by atoms with Crippen LogP contribution in [0.4, 0.5) is 5.82 Å². The Morgan fingerprint density at radius 3 is 2.94 bits per heavy atom. The van der Waals surface area contributed by atoms with Crippen LogP contribution in [0.2, 0.25) is 0 Å². The summed E-state index contributed by atoms with van der Waals surface area (Å²) in [5.41, 5.74) is 1.56. The molecule has 0 spiro atoms. The van der Waals surface area contributed by atoms with Gasteiger partial charge in [-0.3, -0.25) is 9.59 Å². The van der Waals surface area contributed by atoms with E-state index in [0.29, 0.717) is 13.0 Å². The van der Waals surface area contributed by atoms with E-state index in [1.54, 1.807) is 17.0 Å². The van der Waals surface area contributed by atoms with E-state index in [4.69, 9.17) is 5.11 Å². The molecule has 0 unspecified atom stereocenters. The number of aromatic nitrogens is 1. The van der Waals surface area contributed by atoms with Crippen molar-refractivity contribution in [3.05, 3.63) is 23.4 Å². The Hall–Kier alpha value is -1.91. The van der Waals surface area contributed by atoms with Gasteiger partial charge in [-0.25, -0.2) is 4.98 Å². The number of anilines is 1. The van der Waals surface area contributed by atoms with E-state index in [9.17, 15) is 9.59 Å². The van der Waals surface area contributed by atoms with E-state index in [0.717, 1.165) is 29.9 Å². The van der Waals surface area contributed by atoms with Crippen LogP contribution in [-0.2, 0) is 11.2 Å². The number of carbonyl (C=O) groups is 2. The topological polar surface area (TPSA) is 70.5 Å². The van der Waals surface area contributed by atoms with E-state index >= 15 is 0 Å². The smallest absolute Gasteiger partial charge is 0.305 e. The van der Waals surface area contributed by atoms with Crippen LogP contribution in [0.15, 0.2) is 12.1 Å². The van der Waals surface area contributed by atoms with Crippen molar-refractivity contribution in [3.8, 4) is 0 Å². The number of aryl methyl sites for hydroxylation is 1. The first-order valence-corrected chi connectivity index (χ1v) is 6.04. The summed E-state index contributed by atoms with van der Waals surface area (Å²) >= 11 is 0. The van der Waals surface area contributed by atoms with Crippen LogP contribution in [0.3, 0.4) is 0 Å². The van der Waals surface area contributed by atoms with Crippen LogP contribution in [0.1, 0.15) is 35.3 Å². The Kier molecular flexibility index (Phi) is 3.60. The van der Waals surface area contributed by atoms with E-state index in [2.05, 4.69) is 4.98 Å². The summed E-state index contributed by atoms with van der Waals surface area (Å²) in [6, 6.07) is 3.58. The van der Waals surface area contributed by atoms with Gasteiger partial charge in [0.05, 0.1) is 12.1 Å². The van der Waals surface area contributed by atoms with E-state index < -0.39 is 5.97 Å². The van der Waals surface area contributed by atoms with Crippen molar-refractivity contribution in [2.75, 3.05) is 18.5 Å². The fraction of sp³-hybridized carbons (Fsp3) is 0.462. The van der Waals surface area contributed by atoms with E-state index in [1.807, 2.05) is 7.05 Å². The minimum atomic E-state index is -0.824. The number of pyridine rings is 1. The number of hydrogen-bond donors (Lipinski definition) is 1. The Bertz CT molecular complexity index is 485. The zero-order valence-corrected chi connectivity index (χ0v) is 10.3. The molecular formula is C13H16N2O3. The first kappa shape index (κ1) is 12.5. The van der Waals surface area contributed by atoms with Crippen molar-refractivity contribution in [1.29, 1.82) is 0 Å². The highest BCUT2D eigenvalue weighted by Gasteiger charge is 2.19. The van der Waals surface area contributed by atoms with Gasteiger partial charge in [-0.15, -0.1) is 0 Å². The van der Waals surface area contributed by atoms with Crippen LogP contribution >= 0.6 is 0 Å². The third kappa shape index (κ3) is 2.67. The fourth-order valence-corrected chi connectivity index (χ4v) is 2.08. The van der Waals surface area contributed by atoms with Gasteiger partial charge in [0.1, 0.15) is 5.82 Å². The first-order chi connectivity index (χ1) is 8.58. The second kappa shape index (κ2) is 5.16. The highest BCUT2D eigenvalue weighted by molar-refractivity contribution is 5.98. The molecule has 0 saturated heterocycles. The molecule has 1 N–H and O–H groups in total. The Morgan fingerprint density at radius 1 is 1.44 bits per heavy atom. The van der Waals surface area contributed by atoms with Crippen LogP contribution in [-0.4, -0.2) is 35.4 Å². The molecule has 1 aliphatic rings. The minimum absolute atomic E-state index is 0.0776. The Morgan fingerprint density at radius 2 is 2.22 bits per heavy atom. The maximum Gasteiger partial charge on any atom is 0.305 e. The van der Waals surface area contributed by atoms with Gasteiger partial charge in [0.15, 0.2) is 5.78 Å². The van der Waals surface area contributed by atoms with E-state index in [-0.39, 0.29) is 12.2 Å². The maximum atomic E-state index is 11.7. The number of carboxylic acids is 1. The maximum absolute atomic E-state index is 11.7. The lowest BCUT2D eigenvalue weighted by Crippen LogP contribution is -2.23. The predicted octanol–water partition coefficient (Wildman–Crippen LogP) is 1.51. The molecule has 1 heterocycles. The third-order valence-electron chi connectivity index (χ3n) is 3.13. The molecule has 96 valence electrons. The van der Waals surface area contributed by atoms with Crippen molar-refractivity contribution in [2.45, 2.75) is 25.7 Å². The SMILES string of the molecule is CN(CCC(=O)O)c1ccc2c(n1)CCCC2=O. The number of fused-ring (bicyclic) bond motifs is 1. The number of rotatable bonds is 4. The molecule has 0 aliphatic heterocycles. The summed E-state index contributed by atoms with van der Waals surface area (Å²) in [6.45, 7) is 0.412. The molecule has 0 saturated carbocycles. The van der Waals surface area contributed by atoms with Crippen LogP contribution in [0.25, 0.3) is 0 Å². The molecule has 1 aliphatic carbocycles. The van der Waals surface area contributed by atoms with Gasteiger partial charge in [0.2, 0.25) is 0 Å². The number of nitrogens with zero attached hydrogens (tertiary/aromatic N) is 2. The number of hydrogen-bond acceptors (Lipinski definition) is 4. The quantitative estimate of drug-likeness (QED) is 0.874. The molecule has 1 aromatic heterocycles. The van der Waals surface area contributed by atoms with Crippen molar-refractivity contribution < 1.29 is 14.7 Å². The van der Waals surface area contributed by atoms with Gasteiger partial charge in [-0.2, -0.15) is 0 Å². The second-order valence-electron chi connectivity index (χ2n) is 4.51. The lowest BCUT2D eigenvalue weighted by Gasteiger charge is -2.20. The molecule has 0 radical (unpaired) electrons. The molecule has 5 nitrogen and oxygen atoms in total. The standard InChI is InChI=1S/C13H16N2O3/c1-15(8-7-13(17)18)12-6-5-9-10(14-12)3-2-4-11(9)16/h5-6H,2-4,7-8H2,1H3,(H,17,18). The largest absolute Gasteiger partial charge is 0.481 e. The molecule has 0 atom stereocenters. The molecule has 0 aromatic carbocycles. The van der Waals surface area contributed by atoms with Gasteiger partial charge >= 0.3 is 5.97 Å². The Labute approximate surface area is 105 Å². The normalized spacial score (nSPS) is 14.2. The summed E-state index contributed by atoms with van der Waals surface area (Å²) in [4.78, 5) is 28.4. The van der Waals surface area contributed by atoms with Crippen LogP contribution in [0.5, 0.6) is 0 Å². The lowest BCUT2D eigenvalue weighted by molar-refractivity contribution is -0.136. The minimum Gasteiger partial charge on any atom is -0.481 e. The molecular weight excluding hydrogens is 232 g/mol. The summed E-state index contributed by atoms with van der Waals surface area (Å²) in [6.07, 6.45) is 2.35. The first-order valence-electron chi connectivity index (χ1n) is 6.04. The summed E-state index contributed by atoms with van der Waals surface area (Å²) < 4.78 is 0. The van der Waals surface area contributed by atoms with Gasteiger partial charge in [-0.05, 0) is 25.0 Å². The predicted molar refractivity (Wildman–Crippen MR) is 67.0 cm³/mol. The molecule has 0 amide bonds. The number of carboxylic acid groups (broad SMARTS) is 1. The zero-order chi connectivity index (χ0) is 13.1. The highest BCUT2D eigenvalue weighted by Crippen LogP contribution is 2.22. The van der Waals surface area contributed by atoms with Gasteiger partial charge < -0.3 is 10.0 Å². The van der Waals surface area contributed by atoms with Crippen molar-refractivity contribution in [2.24, 2.45) is 0 Å². The van der Waals surface area contributed by atoms with Gasteiger partial charge in [0.25, 0.3) is 0 Å². The average Bonchev–Trinajstić information content (AvgIpc) is 2.35. The third-order valence-corrected chi connectivity index (χ3v) is 3.13. The van der Waals surface area contributed by atoms with Gasteiger partial charge in [0, 0.05) is 25.6 Å². The van der Waals surface area contributed by atoms with Crippen molar-refractivity contribution in [3.63, 3.8) is 0 Å². The van der Waals surface area contributed by atoms with Gasteiger partial charge in [-0.1, -0.05) is 0 Å². The van der Waals surface area contributed by atoms with Crippen molar-refractivity contribution in [1.82, 2.24) is 4.98 Å². The molecule has 0 fully saturated rings. The van der Waals surface area contributed by atoms with Crippen LogP contribution < -0.4 is 4.90 Å². The number of carbonyl (C=O) groups excluding carboxylic acids is 1. The number of aliphatic carboxylic acids is 1. The highest BCUT2D eigenvalue weighted by atomic mass is 16.4. The second-order valence-corrected chi connectivity index (χ2v) is 4.51. The fourth-order valence-electron chi connectivity index (χ4n) is 2.08. The summed E-state index contributed by atoms with van der Waals surface area (Å²) in [7, 11) is 1.81. The summed E-state index contributed by atoms with van der Waals surface area (Å²) in [5.74, 6) is 0.0585. The number of Topliss-reactive ketones (excluding diaryl/α,β-unsaturated/α-hetero) is 1. The molecule has 1 aromatic rings. The van der Waals surface area contributed by atoms with Crippen molar-refractivity contribution >= 4 is 17.6 Å². The summed E-state index contributed by atoms with van der Waals surface area (Å²) in [5, 5.41) is 8.64. The number of ketones is 1. The molecule has 18 heavy (non-hydrogen) atoms. The van der Waals surface area contributed by atoms with Crippen LogP contribution in [0, 0.1) is 0 Å². The average molecular weight is 248 g/mol.